The molecule has 0 bridgehead atoms. The summed E-state index contributed by atoms with van der Waals surface area (Å²) in [5.41, 5.74) is 1.42. The second-order valence-electron chi connectivity index (χ2n) is 7.02. The van der Waals surface area contributed by atoms with Crippen molar-refractivity contribution < 1.29 is 14.3 Å². The molecule has 0 fully saturated rings. The molecular formula is C22H22N6O3S2. The maximum Gasteiger partial charge on any atom is 0.251 e. The normalized spacial score (nSPS) is 10.8. The maximum atomic E-state index is 12.3. The number of aromatic nitrogens is 4. The van der Waals surface area contributed by atoms with Gasteiger partial charge in [0, 0.05) is 25.6 Å². The lowest BCUT2D eigenvalue weighted by atomic mass is 10.2. The smallest absolute Gasteiger partial charge is 0.251 e. The number of nitrogens with zero attached hydrogens (tertiary/aromatic N) is 4. The van der Waals surface area contributed by atoms with Gasteiger partial charge in [-0.3, -0.25) is 9.59 Å². The van der Waals surface area contributed by atoms with Gasteiger partial charge in [-0.15, -0.1) is 10.2 Å². The fraction of sp³-hybridized carbons (Fsp3) is 0.227. The summed E-state index contributed by atoms with van der Waals surface area (Å²) < 4.78 is 7.95. The molecule has 0 radical (unpaired) electrons. The summed E-state index contributed by atoms with van der Waals surface area (Å²) in [7, 11) is 3.42. The molecule has 0 saturated carbocycles. The van der Waals surface area contributed by atoms with E-state index in [-0.39, 0.29) is 17.6 Å². The van der Waals surface area contributed by atoms with Crippen LogP contribution in [0.5, 0.6) is 5.75 Å². The average Bonchev–Trinajstić information content (AvgIpc) is 3.40. The standard InChI is InChI=1S/C22H22N6O3S2/c1-28-18(11-12-23-20(30)14-7-9-15(31-2)10-8-14)26-27-22(28)32-13-19(29)25-21-24-16-5-3-4-6-17(16)33-21/h3-10H,11-13H2,1-2H3,(H,23,30)(H,24,25,29). The van der Waals surface area contributed by atoms with E-state index in [1.54, 1.807) is 31.4 Å². The highest BCUT2D eigenvalue weighted by molar-refractivity contribution is 7.99. The number of methoxy groups -OCH3 is 1. The number of nitrogens with one attached hydrogen (secondary N) is 2. The molecule has 0 spiro atoms. The van der Waals surface area contributed by atoms with Crippen LogP contribution in [-0.2, 0) is 18.3 Å². The highest BCUT2D eigenvalue weighted by atomic mass is 32.2. The van der Waals surface area contributed by atoms with Crippen LogP contribution >= 0.6 is 23.1 Å². The number of ether oxygens (including phenoxy) is 1. The van der Waals surface area contributed by atoms with Crippen molar-refractivity contribution >= 4 is 50.3 Å². The van der Waals surface area contributed by atoms with Gasteiger partial charge in [-0.25, -0.2) is 4.98 Å². The lowest BCUT2D eigenvalue weighted by Gasteiger charge is -2.07. The second kappa shape index (κ2) is 10.5. The molecule has 0 aliphatic carbocycles. The number of carbonyl (C=O) groups is 2. The van der Waals surface area contributed by atoms with Gasteiger partial charge in [0.25, 0.3) is 5.91 Å². The van der Waals surface area contributed by atoms with Crippen molar-refractivity contribution in [3.05, 3.63) is 59.9 Å². The Morgan fingerprint density at radius 1 is 1.12 bits per heavy atom. The van der Waals surface area contributed by atoms with Gasteiger partial charge in [0.1, 0.15) is 11.6 Å². The van der Waals surface area contributed by atoms with E-state index in [2.05, 4.69) is 25.8 Å². The molecule has 0 atom stereocenters. The lowest BCUT2D eigenvalue weighted by Crippen LogP contribution is -2.26. The minimum absolute atomic E-state index is 0.157. The SMILES string of the molecule is COc1ccc(C(=O)NCCc2nnc(SCC(=O)Nc3nc4ccccc4s3)n2C)cc1. The lowest BCUT2D eigenvalue weighted by molar-refractivity contribution is -0.113. The van der Waals surface area contributed by atoms with Crippen molar-refractivity contribution in [3.63, 3.8) is 0 Å². The van der Waals surface area contributed by atoms with E-state index in [0.717, 1.165) is 16.0 Å². The number of thiazole rings is 1. The first-order chi connectivity index (χ1) is 16.0. The molecule has 4 aromatic rings. The van der Waals surface area contributed by atoms with Crippen molar-refractivity contribution in [2.24, 2.45) is 7.05 Å². The summed E-state index contributed by atoms with van der Waals surface area (Å²) in [5.74, 6) is 1.29. The van der Waals surface area contributed by atoms with Crippen molar-refractivity contribution in [1.82, 2.24) is 25.1 Å². The molecule has 0 saturated heterocycles. The molecule has 33 heavy (non-hydrogen) atoms. The van der Waals surface area contributed by atoms with Crippen molar-refractivity contribution in [3.8, 4) is 5.75 Å². The van der Waals surface area contributed by atoms with Gasteiger partial charge in [-0.1, -0.05) is 35.2 Å². The number of carbonyl (C=O) groups excluding carboxylic acids is 2. The summed E-state index contributed by atoms with van der Waals surface area (Å²) >= 11 is 2.74. The second-order valence-corrected chi connectivity index (χ2v) is 8.99. The highest BCUT2D eigenvalue weighted by Crippen LogP contribution is 2.25. The van der Waals surface area contributed by atoms with Gasteiger partial charge >= 0.3 is 0 Å². The first-order valence-electron chi connectivity index (χ1n) is 10.1. The Morgan fingerprint density at radius 3 is 2.67 bits per heavy atom. The van der Waals surface area contributed by atoms with Crippen LogP contribution in [0.3, 0.4) is 0 Å². The number of hydrogen-bond acceptors (Lipinski definition) is 8. The molecule has 2 aromatic heterocycles. The van der Waals surface area contributed by atoms with E-state index in [9.17, 15) is 9.59 Å². The van der Waals surface area contributed by atoms with Gasteiger partial charge in [0.05, 0.1) is 23.1 Å². The topological polar surface area (TPSA) is 111 Å². The zero-order chi connectivity index (χ0) is 23.2. The molecule has 9 nitrogen and oxygen atoms in total. The molecule has 0 unspecified atom stereocenters. The van der Waals surface area contributed by atoms with Crippen molar-refractivity contribution in [2.75, 3.05) is 24.7 Å². The van der Waals surface area contributed by atoms with Crippen LogP contribution < -0.4 is 15.4 Å². The monoisotopic (exact) mass is 482 g/mol. The fourth-order valence-corrected chi connectivity index (χ4v) is 4.64. The first kappa shape index (κ1) is 22.7. The molecular weight excluding hydrogens is 460 g/mol. The third-order valence-corrected chi connectivity index (χ3v) is 6.76. The van der Waals surface area contributed by atoms with E-state index < -0.39 is 0 Å². The zero-order valence-corrected chi connectivity index (χ0v) is 19.7. The quantitative estimate of drug-likeness (QED) is 0.353. The average molecular weight is 483 g/mol. The maximum absolute atomic E-state index is 12.3. The number of hydrogen-bond donors (Lipinski definition) is 2. The fourth-order valence-electron chi connectivity index (χ4n) is 3.03. The van der Waals surface area contributed by atoms with Gasteiger partial charge in [-0.2, -0.15) is 0 Å². The van der Waals surface area contributed by atoms with E-state index in [1.807, 2.05) is 35.9 Å². The number of fused-ring (bicyclic) bond motifs is 1. The van der Waals surface area contributed by atoms with Crippen LogP contribution in [0.15, 0.2) is 53.7 Å². The molecule has 2 aromatic carbocycles. The third-order valence-electron chi connectivity index (χ3n) is 4.78. The summed E-state index contributed by atoms with van der Waals surface area (Å²) in [6, 6.07) is 14.7. The molecule has 2 amide bonds. The number of para-hydroxylation sites is 1. The van der Waals surface area contributed by atoms with E-state index in [4.69, 9.17) is 4.74 Å². The Hall–Kier alpha value is -3.44. The summed E-state index contributed by atoms with van der Waals surface area (Å²) in [4.78, 5) is 29.0. The van der Waals surface area contributed by atoms with Crippen LogP contribution in [0.1, 0.15) is 16.2 Å². The van der Waals surface area contributed by atoms with Crippen LogP contribution in [0.2, 0.25) is 0 Å². The largest absolute Gasteiger partial charge is 0.497 e. The van der Waals surface area contributed by atoms with Crippen LogP contribution in [-0.4, -0.2) is 51.0 Å². The molecule has 170 valence electrons. The third kappa shape index (κ3) is 5.68. The minimum Gasteiger partial charge on any atom is -0.497 e. The predicted molar refractivity (Wildman–Crippen MR) is 129 cm³/mol. The Morgan fingerprint density at radius 2 is 1.91 bits per heavy atom. The van der Waals surface area contributed by atoms with E-state index in [0.29, 0.717) is 34.6 Å². The summed E-state index contributed by atoms with van der Waals surface area (Å²) in [6.45, 7) is 0.416. The van der Waals surface area contributed by atoms with Crippen molar-refractivity contribution in [2.45, 2.75) is 11.6 Å². The number of anilines is 1. The highest BCUT2D eigenvalue weighted by Gasteiger charge is 2.13. The zero-order valence-electron chi connectivity index (χ0n) is 18.1. The molecule has 0 aliphatic rings. The molecule has 11 heteroatoms. The molecule has 4 rings (SSSR count). The minimum atomic E-state index is -0.166. The van der Waals surface area contributed by atoms with Gasteiger partial charge in [-0.05, 0) is 36.4 Å². The Balaban J connectivity index is 1.24. The molecule has 2 heterocycles. The van der Waals surface area contributed by atoms with Crippen molar-refractivity contribution in [1.29, 1.82) is 0 Å². The number of rotatable bonds is 9. The Labute approximate surface area is 198 Å². The van der Waals surface area contributed by atoms with Gasteiger partial charge in [0.15, 0.2) is 10.3 Å². The summed E-state index contributed by atoms with van der Waals surface area (Å²) in [6.07, 6.45) is 0.518. The van der Waals surface area contributed by atoms with E-state index in [1.165, 1.54) is 23.1 Å². The van der Waals surface area contributed by atoms with Crippen LogP contribution in [0, 0.1) is 0 Å². The first-order valence-corrected chi connectivity index (χ1v) is 11.9. The summed E-state index contributed by atoms with van der Waals surface area (Å²) in [5, 5.41) is 15.3. The van der Waals surface area contributed by atoms with E-state index >= 15 is 0 Å². The number of amides is 2. The van der Waals surface area contributed by atoms with Crippen LogP contribution in [0.25, 0.3) is 10.2 Å². The Kier molecular flexibility index (Phi) is 7.20. The number of benzene rings is 2. The van der Waals surface area contributed by atoms with Gasteiger partial charge < -0.3 is 19.9 Å². The number of thioether (sulfide) groups is 1. The molecule has 2 N–H and O–H groups in total. The molecule has 0 aliphatic heterocycles. The Bertz CT molecular complexity index is 1240. The predicted octanol–water partition coefficient (Wildman–Crippen LogP) is 3.14. The van der Waals surface area contributed by atoms with Crippen LogP contribution in [0.4, 0.5) is 5.13 Å². The van der Waals surface area contributed by atoms with Gasteiger partial charge in [0.2, 0.25) is 5.91 Å².